The van der Waals surface area contributed by atoms with Crippen molar-refractivity contribution in [2.75, 3.05) is 7.05 Å². The molecule has 0 saturated heterocycles. The van der Waals surface area contributed by atoms with E-state index < -0.39 is 0 Å². The van der Waals surface area contributed by atoms with Crippen LogP contribution in [-0.2, 0) is 13.0 Å². The first-order valence-electron chi connectivity index (χ1n) is 6.97. The summed E-state index contributed by atoms with van der Waals surface area (Å²) in [7, 11) is 2.01. The van der Waals surface area contributed by atoms with Gasteiger partial charge in [-0.1, -0.05) is 22.0 Å². The maximum atomic E-state index is 13.9. The fourth-order valence-corrected chi connectivity index (χ4v) is 3.32. The Morgan fingerprint density at radius 1 is 1.40 bits per heavy atom. The molecule has 106 valence electrons. The molecule has 3 rings (SSSR count). The maximum Gasteiger partial charge on any atom is 0.129 e. The summed E-state index contributed by atoms with van der Waals surface area (Å²) in [4.78, 5) is 0. The number of aryl methyl sites for hydroxylation is 1. The van der Waals surface area contributed by atoms with Gasteiger partial charge in [0.15, 0.2) is 0 Å². The topological polar surface area (TPSA) is 17.0 Å². The van der Waals surface area contributed by atoms with E-state index in [-0.39, 0.29) is 5.82 Å². The third kappa shape index (κ3) is 2.67. The Balaban J connectivity index is 1.87. The Kier molecular flexibility index (Phi) is 3.94. The number of hydrogen-bond donors (Lipinski definition) is 1. The van der Waals surface area contributed by atoms with Crippen LogP contribution in [0.5, 0.6) is 0 Å². The highest BCUT2D eigenvalue weighted by Crippen LogP contribution is 2.30. The number of hydrogen-bond acceptors (Lipinski definition) is 1. The van der Waals surface area contributed by atoms with E-state index in [0.29, 0.717) is 12.6 Å². The van der Waals surface area contributed by atoms with Crippen molar-refractivity contribution in [1.29, 1.82) is 0 Å². The first kappa shape index (κ1) is 13.8. The first-order chi connectivity index (χ1) is 9.67. The summed E-state index contributed by atoms with van der Waals surface area (Å²) in [6.07, 6.45) is 7.86. The van der Waals surface area contributed by atoms with Gasteiger partial charge in [-0.3, -0.25) is 0 Å². The molecular formula is C16H18BrFN2. The van der Waals surface area contributed by atoms with Gasteiger partial charge in [0, 0.05) is 35.0 Å². The van der Waals surface area contributed by atoms with Crippen LogP contribution in [0.25, 0.3) is 0 Å². The number of rotatable bonds is 3. The molecular weight excluding hydrogens is 319 g/mol. The molecule has 1 aromatic carbocycles. The van der Waals surface area contributed by atoms with E-state index in [1.54, 1.807) is 0 Å². The molecule has 1 aromatic heterocycles. The molecule has 0 saturated carbocycles. The molecule has 2 aromatic rings. The van der Waals surface area contributed by atoms with Crippen molar-refractivity contribution in [1.82, 2.24) is 9.88 Å². The molecule has 1 heterocycles. The lowest BCUT2D eigenvalue weighted by atomic mass is 9.91. The summed E-state index contributed by atoms with van der Waals surface area (Å²) in [5.41, 5.74) is 3.49. The standard InChI is InChI=1S/C16H18BrFN2/c1-19-16-4-2-3-11-8-20(10-14(11)16)9-12-5-6-13(17)7-15(12)18/h5-8,10,16,19H,2-4,9H2,1H3. The zero-order chi connectivity index (χ0) is 14.1. The molecule has 0 bridgehead atoms. The summed E-state index contributed by atoms with van der Waals surface area (Å²) >= 11 is 3.29. The predicted octanol–water partition coefficient (Wildman–Crippen LogP) is 4.03. The van der Waals surface area contributed by atoms with Gasteiger partial charge in [-0.15, -0.1) is 0 Å². The van der Waals surface area contributed by atoms with Gasteiger partial charge in [-0.2, -0.15) is 0 Å². The fourth-order valence-electron chi connectivity index (χ4n) is 2.99. The number of nitrogens with zero attached hydrogens (tertiary/aromatic N) is 1. The summed E-state index contributed by atoms with van der Waals surface area (Å²) in [5, 5.41) is 3.36. The highest BCUT2D eigenvalue weighted by atomic mass is 79.9. The normalized spacial score (nSPS) is 18.1. The number of aromatic nitrogens is 1. The van der Waals surface area contributed by atoms with Gasteiger partial charge in [0.2, 0.25) is 0 Å². The van der Waals surface area contributed by atoms with Crippen molar-refractivity contribution >= 4 is 15.9 Å². The minimum Gasteiger partial charge on any atom is -0.349 e. The second-order valence-corrected chi connectivity index (χ2v) is 6.30. The molecule has 1 unspecified atom stereocenters. The largest absolute Gasteiger partial charge is 0.349 e. The summed E-state index contributed by atoms with van der Waals surface area (Å²) in [5.74, 6) is -0.156. The van der Waals surface area contributed by atoms with Crippen molar-refractivity contribution in [2.45, 2.75) is 31.8 Å². The molecule has 0 fully saturated rings. The lowest BCUT2D eigenvalue weighted by molar-refractivity contribution is 0.498. The lowest BCUT2D eigenvalue weighted by Gasteiger charge is -2.21. The summed E-state index contributed by atoms with van der Waals surface area (Å²) in [6, 6.07) is 5.69. The van der Waals surface area contributed by atoms with Crippen LogP contribution >= 0.6 is 15.9 Å². The zero-order valence-electron chi connectivity index (χ0n) is 11.5. The van der Waals surface area contributed by atoms with E-state index in [2.05, 4.69) is 38.2 Å². The second-order valence-electron chi connectivity index (χ2n) is 5.38. The molecule has 0 spiro atoms. The zero-order valence-corrected chi connectivity index (χ0v) is 13.1. The Morgan fingerprint density at radius 2 is 2.25 bits per heavy atom. The van der Waals surface area contributed by atoms with Crippen LogP contribution < -0.4 is 5.32 Å². The smallest absolute Gasteiger partial charge is 0.129 e. The van der Waals surface area contributed by atoms with Gasteiger partial charge in [-0.05, 0) is 49.6 Å². The lowest BCUT2D eigenvalue weighted by Crippen LogP contribution is -2.20. The van der Waals surface area contributed by atoms with E-state index in [9.17, 15) is 4.39 Å². The van der Waals surface area contributed by atoms with Gasteiger partial charge in [0.1, 0.15) is 5.82 Å². The highest BCUT2D eigenvalue weighted by Gasteiger charge is 2.20. The van der Waals surface area contributed by atoms with Gasteiger partial charge >= 0.3 is 0 Å². The van der Waals surface area contributed by atoms with Gasteiger partial charge in [-0.25, -0.2) is 4.39 Å². The summed E-state index contributed by atoms with van der Waals surface area (Å²) < 4.78 is 16.8. The SMILES string of the molecule is CNC1CCCc2cn(Cc3ccc(Br)cc3F)cc21. The van der Waals surface area contributed by atoms with Gasteiger partial charge in [0.05, 0.1) is 0 Å². The van der Waals surface area contributed by atoms with Crippen LogP contribution in [0.15, 0.2) is 35.1 Å². The Morgan fingerprint density at radius 3 is 3.00 bits per heavy atom. The second kappa shape index (κ2) is 5.70. The van der Waals surface area contributed by atoms with E-state index in [1.165, 1.54) is 30.0 Å². The number of nitrogens with one attached hydrogen (secondary N) is 1. The molecule has 0 aliphatic heterocycles. The molecule has 0 radical (unpaired) electrons. The number of halogens is 2. The van der Waals surface area contributed by atoms with Crippen LogP contribution in [0, 0.1) is 5.82 Å². The number of benzene rings is 1. The quantitative estimate of drug-likeness (QED) is 0.895. The van der Waals surface area contributed by atoms with Crippen molar-refractivity contribution in [2.24, 2.45) is 0 Å². The first-order valence-corrected chi connectivity index (χ1v) is 7.76. The van der Waals surface area contributed by atoms with E-state index in [4.69, 9.17) is 0 Å². The third-order valence-electron chi connectivity index (χ3n) is 4.03. The molecule has 2 nitrogen and oxygen atoms in total. The average molecular weight is 337 g/mol. The molecule has 4 heteroatoms. The molecule has 1 atom stereocenters. The van der Waals surface area contributed by atoms with Crippen LogP contribution in [-0.4, -0.2) is 11.6 Å². The Bertz CT molecular complexity index is 621. The van der Waals surface area contributed by atoms with Crippen molar-refractivity contribution in [3.8, 4) is 0 Å². The maximum absolute atomic E-state index is 13.9. The highest BCUT2D eigenvalue weighted by molar-refractivity contribution is 9.10. The predicted molar refractivity (Wildman–Crippen MR) is 82.4 cm³/mol. The van der Waals surface area contributed by atoms with Crippen molar-refractivity contribution in [3.05, 3.63) is 57.6 Å². The number of fused-ring (bicyclic) bond motifs is 1. The van der Waals surface area contributed by atoms with Crippen molar-refractivity contribution < 1.29 is 4.39 Å². The van der Waals surface area contributed by atoms with Crippen LogP contribution in [0.2, 0.25) is 0 Å². The monoisotopic (exact) mass is 336 g/mol. The molecule has 1 aliphatic rings. The van der Waals surface area contributed by atoms with Crippen molar-refractivity contribution in [3.63, 3.8) is 0 Å². The van der Waals surface area contributed by atoms with Gasteiger partial charge in [0.25, 0.3) is 0 Å². The van der Waals surface area contributed by atoms with E-state index >= 15 is 0 Å². The minimum absolute atomic E-state index is 0.156. The Hall–Kier alpha value is -1.13. The fraction of sp³-hybridized carbons (Fsp3) is 0.375. The van der Waals surface area contributed by atoms with Crippen LogP contribution in [0.3, 0.4) is 0 Å². The van der Waals surface area contributed by atoms with Crippen LogP contribution in [0.4, 0.5) is 4.39 Å². The molecule has 0 amide bonds. The average Bonchev–Trinajstić information content (AvgIpc) is 2.84. The van der Waals surface area contributed by atoms with E-state index in [1.807, 2.05) is 19.2 Å². The Labute approximate surface area is 127 Å². The molecule has 1 N–H and O–H groups in total. The third-order valence-corrected chi connectivity index (χ3v) is 4.52. The van der Waals surface area contributed by atoms with Gasteiger partial charge < -0.3 is 9.88 Å². The van der Waals surface area contributed by atoms with E-state index in [0.717, 1.165) is 16.5 Å². The summed E-state index contributed by atoms with van der Waals surface area (Å²) in [6.45, 7) is 0.586. The minimum atomic E-state index is -0.156. The molecule has 20 heavy (non-hydrogen) atoms. The van der Waals surface area contributed by atoms with Crippen LogP contribution in [0.1, 0.15) is 35.6 Å². The molecule has 1 aliphatic carbocycles.